The topological polar surface area (TPSA) is 49.8 Å². The molecule has 0 fully saturated rings. The van der Waals surface area contributed by atoms with E-state index in [9.17, 15) is 9.90 Å². The van der Waals surface area contributed by atoms with Crippen molar-refractivity contribution in [3.05, 3.63) is 77.3 Å². The third-order valence-electron chi connectivity index (χ3n) is 4.16. The molecule has 0 aromatic heterocycles. The molecule has 4 nitrogen and oxygen atoms in total. The van der Waals surface area contributed by atoms with E-state index in [2.05, 4.69) is 0 Å². The van der Waals surface area contributed by atoms with Crippen molar-refractivity contribution in [2.45, 2.75) is 0 Å². The lowest BCUT2D eigenvalue weighted by atomic mass is 10.0. The van der Waals surface area contributed by atoms with Gasteiger partial charge in [0.15, 0.2) is 0 Å². The summed E-state index contributed by atoms with van der Waals surface area (Å²) in [6.07, 6.45) is 0. The Kier molecular flexibility index (Phi) is 5.14. The molecule has 3 aromatic carbocycles. The van der Waals surface area contributed by atoms with Gasteiger partial charge in [0.2, 0.25) is 0 Å². The number of phenolic OH excluding ortho intramolecular Hbond substituents is 1. The molecule has 1 amide bonds. The molecule has 0 atom stereocenters. The molecule has 3 rings (SSSR count). The predicted molar refractivity (Wildman–Crippen MR) is 104 cm³/mol. The number of ether oxygens (including phenoxy) is 1. The summed E-state index contributed by atoms with van der Waals surface area (Å²) in [6.45, 7) is 0. The monoisotopic (exact) mass is 367 g/mol. The van der Waals surface area contributed by atoms with E-state index in [0.717, 1.165) is 16.9 Å². The maximum atomic E-state index is 12.7. The van der Waals surface area contributed by atoms with E-state index in [1.807, 2.05) is 30.3 Å². The number of amides is 1. The van der Waals surface area contributed by atoms with Gasteiger partial charge < -0.3 is 14.7 Å². The van der Waals surface area contributed by atoms with E-state index in [-0.39, 0.29) is 11.7 Å². The van der Waals surface area contributed by atoms with Crippen LogP contribution in [0.25, 0.3) is 11.1 Å². The zero-order chi connectivity index (χ0) is 18.7. The minimum absolute atomic E-state index is 0.0456. The Morgan fingerprint density at radius 2 is 1.73 bits per heavy atom. The minimum Gasteiger partial charge on any atom is -0.506 e. The molecule has 1 N–H and O–H groups in total. The van der Waals surface area contributed by atoms with Crippen molar-refractivity contribution in [3.8, 4) is 22.6 Å². The molecule has 0 aliphatic heterocycles. The van der Waals surface area contributed by atoms with E-state index in [4.69, 9.17) is 16.3 Å². The fourth-order valence-electron chi connectivity index (χ4n) is 2.70. The van der Waals surface area contributed by atoms with Crippen LogP contribution in [0.15, 0.2) is 66.7 Å². The maximum Gasteiger partial charge on any atom is 0.258 e. The summed E-state index contributed by atoms with van der Waals surface area (Å²) in [5.41, 5.74) is 2.64. The molecule has 5 heteroatoms. The standard InChI is InChI=1S/C21H18ClNO3/c1-23(19-5-3-4-6-20(19)24)21(25)15-9-12-17(18(22)13-15)14-7-10-16(26-2)11-8-14/h3-13,24H,1-2H3. The van der Waals surface area contributed by atoms with Crippen LogP contribution in [0.5, 0.6) is 11.5 Å². The average Bonchev–Trinajstić information content (AvgIpc) is 2.67. The van der Waals surface area contributed by atoms with Crippen molar-refractivity contribution in [3.63, 3.8) is 0 Å². The molecule has 0 spiro atoms. The lowest BCUT2D eigenvalue weighted by Gasteiger charge is -2.19. The number of phenols is 1. The van der Waals surface area contributed by atoms with Gasteiger partial charge in [0, 0.05) is 23.2 Å². The third kappa shape index (κ3) is 3.51. The van der Waals surface area contributed by atoms with Crippen LogP contribution in [0.1, 0.15) is 10.4 Å². The summed E-state index contributed by atoms with van der Waals surface area (Å²) in [7, 11) is 3.23. The summed E-state index contributed by atoms with van der Waals surface area (Å²) >= 11 is 6.41. The fraction of sp³-hybridized carbons (Fsp3) is 0.0952. The van der Waals surface area contributed by atoms with E-state index in [0.29, 0.717) is 16.3 Å². The predicted octanol–water partition coefficient (Wildman–Crippen LogP) is 5.00. The van der Waals surface area contributed by atoms with Crippen LogP contribution in [0.4, 0.5) is 5.69 Å². The molecule has 26 heavy (non-hydrogen) atoms. The second-order valence-electron chi connectivity index (χ2n) is 5.78. The van der Waals surface area contributed by atoms with Crippen LogP contribution in [0.2, 0.25) is 5.02 Å². The zero-order valence-electron chi connectivity index (χ0n) is 14.4. The number of nitrogens with zero attached hydrogens (tertiary/aromatic N) is 1. The van der Waals surface area contributed by atoms with E-state index < -0.39 is 0 Å². The molecule has 0 bridgehead atoms. The van der Waals surface area contributed by atoms with Crippen molar-refractivity contribution in [2.24, 2.45) is 0 Å². The highest BCUT2D eigenvalue weighted by Gasteiger charge is 2.17. The Bertz CT molecular complexity index is 938. The zero-order valence-corrected chi connectivity index (χ0v) is 15.2. The molecule has 0 heterocycles. The Labute approximate surface area is 157 Å². The van der Waals surface area contributed by atoms with Gasteiger partial charge in [-0.25, -0.2) is 0 Å². The minimum atomic E-state index is -0.255. The van der Waals surface area contributed by atoms with Crippen LogP contribution in [0.3, 0.4) is 0 Å². The second-order valence-corrected chi connectivity index (χ2v) is 6.18. The Balaban J connectivity index is 1.89. The third-order valence-corrected chi connectivity index (χ3v) is 4.48. The molecule has 0 aliphatic rings. The molecular formula is C21H18ClNO3. The number of methoxy groups -OCH3 is 1. The normalized spacial score (nSPS) is 10.4. The molecule has 0 unspecified atom stereocenters. The summed E-state index contributed by atoms with van der Waals surface area (Å²) in [6, 6.07) is 19.4. The SMILES string of the molecule is COc1ccc(-c2ccc(C(=O)N(C)c3ccccc3O)cc2Cl)cc1. The van der Waals surface area contributed by atoms with Crippen molar-refractivity contribution in [1.82, 2.24) is 0 Å². The fourth-order valence-corrected chi connectivity index (χ4v) is 2.99. The van der Waals surface area contributed by atoms with Gasteiger partial charge in [-0.15, -0.1) is 0 Å². The van der Waals surface area contributed by atoms with E-state index in [1.165, 1.54) is 4.90 Å². The van der Waals surface area contributed by atoms with Gasteiger partial charge in [0.1, 0.15) is 11.5 Å². The smallest absolute Gasteiger partial charge is 0.258 e. The van der Waals surface area contributed by atoms with Gasteiger partial charge in [-0.3, -0.25) is 4.79 Å². The number of carbonyl (C=O) groups excluding carboxylic acids is 1. The van der Waals surface area contributed by atoms with Crippen LogP contribution in [-0.2, 0) is 0 Å². The number of hydrogen-bond donors (Lipinski definition) is 1. The quantitative estimate of drug-likeness (QED) is 0.706. The lowest BCUT2D eigenvalue weighted by Crippen LogP contribution is -2.26. The van der Waals surface area contributed by atoms with E-state index in [1.54, 1.807) is 50.6 Å². The first-order chi connectivity index (χ1) is 12.5. The number of benzene rings is 3. The van der Waals surface area contributed by atoms with Gasteiger partial charge in [0.25, 0.3) is 5.91 Å². The Morgan fingerprint density at radius 1 is 1.04 bits per heavy atom. The molecule has 132 valence electrons. The van der Waals surface area contributed by atoms with Gasteiger partial charge in [-0.2, -0.15) is 0 Å². The molecule has 0 aliphatic carbocycles. The van der Waals surface area contributed by atoms with Crippen molar-refractivity contribution < 1.29 is 14.6 Å². The second kappa shape index (κ2) is 7.50. The molecule has 3 aromatic rings. The van der Waals surface area contributed by atoms with Crippen LogP contribution >= 0.6 is 11.6 Å². The number of aromatic hydroxyl groups is 1. The molecule has 0 saturated carbocycles. The molecular weight excluding hydrogens is 350 g/mol. The van der Waals surface area contributed by atoms with Crippen LogP contribution in [-0.4, -0.2) is 25.2 Å². The first kappa shape index (κ1) is 17.8. The number of hydrogen-bond acceptors (Lipinski definition) is 3. The van der Waals surface area contributed by atoms with Crippen molar-refractivity contribution in [2.75, 3.05) is 19.1 Å². The summed E-state index contributed by atoms with van der Waals surface area (Å²) in [5.74, 6) is 0.556. The van der Waals surface area contributed by atoms with Gasteiger partial charge >= 0.3 is 0 Å². The van der Waals surface area contributed by atoms with Gasteiger partial charge in [-0.05, 0) is 42.0 Å². The number of carbonyl (C=O) groups is 1. The summed E-state index contributed by atoms with van der Waals surface area (Å²) in [5, 5.41) is 10.4. The first-order valence-corrected chi connectivity index (χ1v) is 8.39. The number of para-hydroxylation sites is 2. The first-order valence-electron chi connectivity index (χ1n) is 8.01. The average molecular weight is 368 g/mol. The molecule has 0 radical (unpaired) electrons. The van der Waals surface area contributed by atoms with Crippen LogP contribution in [0, 0.1) is 0 Å². The van der Waals surface area contributed by atoms with Crippen molar-refractivity contribution >= 4 is 23.2 Å². The van der Waals surface area contributed by atoms with Crippen molar-refractivity contribution in [1.29, 1.82) is 0 Å². The lowest BCUT2D eigenvalue weighted by molar-refractivity contribution is 0.0992. The van der Waals surface area contributed by atoms with Gasteiger partial charge in [0.05, 0.1) is 12.8 Å². The Morgan fingerprint density at radius 3 is 2.35 bits per heavy atom. The van der Waals surface area contributed by atoms with Gasteiger partial charge in [-0.1, -0.05) is 41.9 Å². The number of halogens is 1. The molecule has 0 saturated heterocycles. The van der Waals surface area contributed by atoms with Crippen LogP contribution < -0.4 is 9.64 Å². The van der Waals surface area contributed by atoms with E-state index >= 15 is 0 Å². The number of rotatable bonds is 4. The highest BCUT2D eigenvalue weighted by Crippen LogP contribution is 2.31. The summed E-state index contributed by atoms with van der Waals surface area (Å²) < 4.78 is 5.16. The number of anilines is 1. The maximum absolute atomic E-state index is 12.7. The Hall–Kier alpha value is -2.98. The highest BCUT2D eigenvalue weighted by atomic mass is 35.5. The largest absolute Gasteiger partial charge is 0.506 e. The summed E-state index contributed by atoms with van der Waals surface area (Å²) in [4.78, 5) is 14.1. The highest BCUT2D eigenvalue weighted by molar-refractivity contribution is 6.33.